The van der Waals surface area contributed by atoms with Crippen LogP contribution in [0.3, 0.4) is 0 Å². The molecule has 0 atom stereocenters. The lowest BCUT2D eigenvalue weighted by Gasteiger charge is -2.36. The first-order chi connectivity index (χ1) is 14.2. The van der Waals surface area contributed by atoms with Crippen LogP contribution < -0.4 is 15.6 Å². The maximum absolute atomic E-state index is 2.40. The monoisotopic (exact) mass is 408 g/mol. The van der Waals surface area contributed by atoms with E-state index < -0.39 is 7.94 Å². The van der Waals surface area contributed by atoms with Gasteiger partial charge in [-0.1, -0.05) is 148 Å². The highest BCUT2D eigenvalue weighted by atomic mass is 28.3. The van der Waals surface area contributed by atoms with Crippen molar-refractivity contribution in [3.05, 3.63) is 102 Å². The molecule has 0 aliphatic carbocycles. The fourth-order valence-electron chi connectivity index (χ4n) is 5.43. The van der Waals surface area contributed by atoms with Crippen molar-refractivity contribution in [2.75, 3.05) is 0 Å². The topological polar surface area (TPSA) is 0 Å². The molecule has 0 saturated heterocycles. The Hall–Kier alpha value is -2.32. The lowest BCUT2D eigenvalue weighted by molar-refractivity contribution is 0.502. The molecule has 30 heavy (non-hydrogen) atoms. The summed E-state index contributed by atoms with van der Waals surface area (Å²) in [5, 5.41) is 4.52. The molecule has 0 bridgehead atoms. The van der Waals surface area contributed by atoms with Gasteiger partial charge in [0.2, 0.25) is 6.31 Å². The predicted molar refractivity (Wildman–Crippen MR) is 136 cm³/mol. The smallest absolute Gasteiger partial charge is 0.101 e. The summed E-state index contributed by atoms with van der Waals surface area (Å²) >= 11 is 0. The van der Waals surface area contributed by atoms with E-state index in [1.807, 2.05) is 0 Å². The Morgan fingerprint density at radius 1 is 0.467 bits per heavy atom. The largest absolute Gasteiger partial charge is 0.207 e. The first-order valence-corrected chi connectivity index (χ1v) is 13.2. The molecule has 1 aliphatic rings. The van der Waals surface area contributed by atoms with Crippen molar-refractivity contribution in [1.29, 1.82) is 0 Å². The normalized spacial score (nSPS) is 14.8. The summed E-state index contributed by atoms with van der Waals surface area (Å²) in [6, 6.07) is 34.0. The Kier molecular flexibility index (Phi) is 5.18. The van der Waals surface area contributed by atoms with E-state index in [1.54, 1.807) is 10.9 Å². The first kappa shape index (κ1) is 20.9. The van der Waals surface area contributed by atoms with Crippen LogP contribution in [0.15, 0.2) is 102 Å². The van der Waals surface area contributed by atoms with E-state index in [2.05, 4.69) is 133 Å². The van der Waals surface area contributed by atoms with Gasteiger partial charge in [0, 0.05) is 0 Å². The molecule has 2 heteroatoms. The summed E-state index contributed by atoms with van der Waals surface area (Å²) in [6.07, 6.45) is 0.518. The van der Waals surface area contributed by atoms with Crippen molar-refractivity contribution in [2.45, 2.75) is 41.5 Å². The third kappa shape index (κ3) is 3.42. The highest BCUT2D eigenvalue weighted by Crippen LogP contribution is 2.53. The quantitative estimate of drug-likeness (QED) is 0.411. The lowest BCUT2D eigenvalue weighted by atomic mass is 9.73. The van der Waals surface area contributed by atoms with Crippen LogP contribution in [0.1, 0.15) is 41.5 Å². The number of allylic oxidation sites excluding steroid dienone is 2. The molecular formula is C28H33BSi. The molecule has 3 aromatic rings. The Balaban J connectivity index is 2.08. The number of hydrogen-bond donors (Lipinski definition) is 0. The molecule has 4 rings (SSSR count). The molecule has 0 N–H and O–H groups in total. The molecule has 3 aromatic carbocycles. The van der Waals surface area contributed by atoms with Crippen molar-refractivity contribution in [3.63, 3.8) is 0 Å². The van der Waals surface area contributed by atoms with E-state index in [-0.39, 0.29) is 10.8 Å². The minimum Gasteiger partial charge on any atom is -0.101 e. The second kappa shape index (κ2) is 7.43. The summed E-state index contributed by atoms with van der Waals surface area (Å²) in [5.41, 5.74) is 3.70. The molecule has 0 spiro atoms. The van der Waals surface area contributed by atoms with Crippen LogP contribution in [0, 0.1) is 10.8 Å². The molecule has 0 radical (unpaired) electrons. The van der Waals surface area contributed by atoms with E-state index in [0.717, 1.165) is 0 Å². The maximum atomic E-state index is 2.40. The van der Waals surface area contributed by atoms with Crippen molar-refractivity contribution in [1.82, 2.24) is 0 Å². The Labute approximate surface area is 184 Å². The first-order valence-electron chi connectivity index (χ1n) is 11.1. The van der Waals surface area contributed by atoms with Gasteiger partial charge in [0.15, 0.2) is 0 Å². The summed E-state index contributed by atoms with van der Waals surface area (Å²) in [6.45, 7) is 14.4. The average Bonchev–Trinajstić information content (AvgIpc) is 3.49. The molecule has 152 valence electrons. The number of benzene rings is 3. The van der Waals surface area contributed by atoms with Gasteiger partial charge in [0.1, 0.15) is 7.94 Å². The van der Waals surface area contributed by atoms with Gasteiger partial charge >= 0.3 is 0 Å². The van der Waals surface area contributed by atoms with Gasteiger partial charge in [-0.2, -0.15) is 0 Å². The number of rotatable bonds is 4. The Morgan fingerprint density at radius 2 is 0.733 bits per heavy atom. The molecule has 0 nitrogen and oxygen atoms in total. The molecule has 0 aromatic heterocycles. The van der Waals surface area contributed by atoms with E-state index in [4.69, 9.17) is 0 Å². The van der Waals surface area contributed by atoms with Crippen molar-refractivity contribution >= 4 is 29.8 Å². The van der Waals surface area contributed by atoms with E-state index in [0.29, 0.717) is 6.31 Å². The predicted octanol–water partition coefficient (Wildman–Crippen LogP) is 5.21. The van der Waals surface area contributed by atoms with Gasteiger partial charge in [0.25, 0.3) is 0 Å². The molecule has 0 amide bonds. The summed E-state index contributed by atoms with van der Waals surface area (Å²) < 4.78 is 0. The van der Waals surface area contributed by atoms with Gasteiger partial charge in [-0.25, -0.2) is 0 Å². The van der Waals surface area contributed by atoms with Crippen LogP contribution in [-0.4, -0.2) is 14.2 Å². The van der Waals surface area contributed by atoms with E-state index in [1.165, 1.54) is 15.6 Å². The number of hydrogen-bond acceptors (Lipinski definition) is 0. The van der Waals surface area contributed by atoms with Gasteiger partial charge in [-0.05, 0) is 10.8 Å². The molecule has 1 heterocycles. The van der Waals surface area contributed by atoms with Crippen LogP contribution in [0.2, 0.25) is 0 Å². The average molecular weight is 408 g/mol. The molecule has 0 unspecified atom stereocenters. The third-order valence-electron chi connectivity index (χ3n) is 6.52. The lowest BCUT2D eigenvalue weighted by Crippen LogP contribution is -2.74. The summed E-state index contributed by atoms with van der Waals surface area (Å²) in [5.74, 6) is 0. The minimum atomic E-state index is -2.31. The second-order valence-corrected chi connectivity index (χ2v) is 14.6. The van der Waals surface area contributed by atoms with Crippen LogP contribution in [0.25, 0.3) is 0 Å². The van der Waals surface area contributed by atoms with Crippen molar-refractivity contribution in [3.8, 4) is 0 Å². The second-order valence-electron chi connectivity index (χ2n) is 10.7. The zero-order chi connectivity index (χ0) is 21.6. The van der Waals surface area contributed by atoms with E-state index in [9.17, 15) is 0 Å². The molecule has 1 aliphatic heterocycles. The standard InChI is InChI=1S/C28H33BSi/c1-27(2,3)25-26(28(4,5)6)29(25)30(22-16-10-7-11-17-22,23-18-12-8-13-19-23)24-20-14-9-15-21-24/h7-21H,1-6H3. The highest BCUT2D eigenvalue weighted by molar-refractivity contribution is 7.56. The third-order valence-corrected chi connectivity index (χ3v) is 11.7. The van der Waals surface area contributed by atoms with Crippen molar-refractivity contribution < 1.29 is 0 Å². The molecule has 0 fully saturated rings. The van der Waals surface area contributed by atoms with Gasteiger partial charge in [0.05, 0.1) is 0 Å². The van der Waals surface area contributed by atoms with Gasteiger partial charge in [-0.3, -0.25) is 0 Å². The SMILES string of the molecule is CC(C)(C)C1=C(C(C)(C)C)B1[Si](c1ccccc1)(c1ccccc1)c1ccccc1. The highest BCUT2D eigenvalue weighted by Gasteiger charge is 2.63. The van der Waals surface area contributed by atoms with Crippen LogP contribution in [0.5, 0.6) is 0 Å². The fraction of sp³-hybridized carbons (Fsp3) is 0.286. The molecule has 0 saturated carbocycles. The zero-order valence-electron chi connectivity index (χ0n) is 19.2. The van der Waals surface area contributed by atoms with Gasteiger partial charge in [-0.15, -0.1) is 10.9 Å². The fourth-order valence-corrected chi connectivity index (χ4v) is 11.5. The van der Waals surface area contributed by atoms with Crippen LogP contribution >= 0.6 is 0 Å². The van der Waals surface area contributed by atoms with Gasteiger partial charge < -0.3 is 0 Å². The van der Waals surface area contributed by atoms with Crippen molar-refractivity contribution in [2.24, 2.45) is 10.8 Å². The Morgan fingerprint density at radius 3 is 0.967 bits per heavy atom. The Bertz CT molecular complexity index is 918. The van der Waals surface area contributed by atoms with Crippen LogP contribution in [-0.2, 0) is 0 Å². The summed E-state index contributed by atoms with van der Waals surface area (Å²) in [7, 11) is -2.31. The maximum Gasteiger partial charge on any atom is 0.207 e. The molecular weight excluding hydrogens is 375 g/mol. The van der Waals surface area contributed by atoms with E-state index >= 15 is 0 Å². The minimum absolute atomic E-state index is 0.171. The van der Waals surface area contributed by atoms with Crippen LogP contribution in [0.4, 0.5) is 0 Å². The summed E-state index contributed by atoms with van der Waals surface area (Å²) in [4.78, 5) is 0. The zero-order valence-corrected chi connectivity index (χ0v) is 20.2.